The van der Waals surface area contributed by atoms with Gasteiger partial charge in [0.1, 0.15) is 5.82 Å². The summed E-state index contributed by atoms with van der Waals surface area (Å²) in [6, 6.07) is 7.25. The Balaban J connectivity index is 0.00000320. The maximum absolute atomic E-state index is 13.8. The molecule has 1 N–H and O–H groups in total. The van der Waals surface area contributed by atoms with E-state index in [1.165, 1.54) is 6.07 Å². The van der Waals surface area contributed by atoms with Gasteiger partial charge in [0.05, 0.1) is 36.5 Å². The molecule has 1 amide bonds. The summed E-state index contributed by atoms with van der Waals surface area (Å²) in [6.45, 7) is 4.61. The predicted octanol–water partition coefficient (Wildman–Crippen LogP) is 5.05. The van der Waals surface area contributed by atoms with Gasteiger partial charge in [-0.15, -0.1) is 0 Å². The molecule has 0 radical (unpaired) electrons. The third kappa shape index (κ3) is 5.80. The van der Waals surface area contributed by atoms with E-state index in [1.807, 2.05) is 24.9 Å². The Labute approximate surface area is 222 Å². The summed E-state index contributed by atoms with van der Waals surface area (Å²) in [4.78, 5) is 27.0. The van der Waals surface area contributed by atoms with E-state index in [1.54, 1.807) is 12.3 Å². The molecule has 3 aromatic rings. The van der Waals surface area contributed by atoms with Crippen LogP contribution in [-0.4, -0.2) is 60.2 Å². The fraction of sp³-hybridized carbons (Fsp3) is 0.444. The van der Waals surface area contributed by atoms with Gasteiger partial charge in [0.2, 0.25) is 0 Å². The Morgan fingerprint density at radius 2 is 1.86 bits per heavy atom. The van der Waals surface area contributed by atoms with Crippen LogP contribution in [-0.2, 0) is 4.74 Å². The highest BCUT2D eigenvalue weighted by Crippen LogP contribution is 2.30. The molecule has 10 heteroatoms. The fourth-order valence-electron chi connectivity index (χ4n) is 5.11. The molecule has 2 aromatic carbocycles. The first-order chi connectivity index (χ1) is 17.4. The number of benzene rings is 2. The number of hydrogen-bond acceptors (Lipinski definition) is 6. The number of nitrogens with one attached hydrogen (secondary N) is 1. The number of carbonyl (C=O) groups excluding carboxylic acids is 1. The van der Waals surface area contributed by atoms with Gasteiger partial charge in [0.25, 0.3) is 5.91 Å². The van der Waals surface area contributed by atoms with Crippen LogP contribution >= 0.6 is 13.5 Å². The molecule has 1 aliphatic carbocycles. The lowest BCUT2D eigenvalue weighted by Gasteiger charge is -2.28. The van der Waals surface area contributed by atoms with Crippen LogP contribution in [0.1, 0.15) is 54.6 Å². The van der Waals surface area contributed by atoms with Crippen molar-refractivity contribution in [2.75, 3.05) is 43.6 Å². The molecule has 198 valence electrons. The number of carbonyl (C=O) groups is 1. The van der Waals surface area contributed by atoms with Crippen molar-refractivity contribution in [1.82, 2.24) is 14.9 Å². The van der Waals surface area contributed by atoms with E-state index in [0.717, 1.165) is 62.3 Å². The van der Waals surface area contributed by atoms with Crippen molar-refractivity contribution in [2.45, 2.75) is 44.7 Å². The molecule has 1 saturated heterocycles. The Morgan fingerprint density at radius 1 is 1.14 bits per heavy atom. The largest absolute Gasteiger partial charge is 0.378 e. The molecule has 1 aromatic heterocycles. The van der Waals surface area contributed by atoms with Crippen LogP contribution in [0.4, 0.5) is 20.3 Å². The van der Waals surface area contributed by atoms with Gasteiger partial charge in [-0.2, -0.15) is 13.5 Å². The van der Waals surface area contributed by atoms with Crippen LogP contribution in [0.2, 0.25) is 0 Å². The van der Waals surface area contributed by atoms with Gasteiger partial charge in [0, 0.05) is 49.1 Å². The highest BCUT2D eigenvalue weighted by Gasteiger charge is 2.26. The van der Waals surface area contributed by atoms with Gasteiger partial charge in [-0.25, -0.2) is 13.8 Å². The van der Waals surface area contributed by atoms with E-state index >= 15 is 0 Å². The molecule has 5 rings (SSSR count). The zero-order valence-electron chi connectivity index (χ0n) is 21.1. The van der Waals surface area contributed by atoms with Crippen molar-refractivity contribution in [3.63, 3.8) is 0 Å². The minimum Gasteiger partial charge on any atom is -0.378 e. The first kappa shape index (κ1) is 27.1. The first-order valence-electron chi connectivity index (χ1n) is 12.5. The van der Waals surface area contributed by atoms with Gasteiger partial charge in [-0.1, -0.05) is 12.8 Å². The number of aromatic nitrogens is 2. The Bertz CT molecular complexity index is 1270. The van der Waals surface area contributed by atoms with Crippen LogP contribution in [0, 0.1) is 11.6 Å². The molecule has 1 saturated carbocycles. The smallest absolute Gasteiger partial charge is 0.253 e. The third-order valence-corrected chi connectivity index (χ3v) is 7.21. The maximum atomic E-state index is 13.8. The molecule has 1 atom stereocenters. The second kappa shape index (κ2) is 11.6. The average molecular weight is 530 g/mol. The number of fused-ring (bicyclic) bond motifs is 1. The number of nitrogens with zero attached hydrogens (tertiary/aromatic N) is 4. The standard InChI is InChI=1S/C27H31F2N5O2.H2S/c1-17(31-19-7-8-22(28)23(29)15-19)21-13-18(27(35)33(2)20-5-3-4-6-20)14-24-26(21)32-25(16-30-24)34-9-11-36-12-10-34;/h7-8,13-17,20,31H,3-6,9-12H2,1-2H3;1H2. The molecular weight excluding hydrogens is 496 g/mol. The van der Waals surface area contributed by atoms with Gasteiger partial charge in [0.15, 0.2) is 11.6 Å². The number of halogens is 2. The molecule has 37 heavy (non-hydrogen) atoms. The van der Waals surface area contributed by atoms with Crippen molar-refractivity contribution in [1.29, 1.82) is 0 Å². The monoisotopic (exact) mass is 529 g/mol. The normalized spacial score (nSPS) is 16.9. The third-order valence-electron chi connectivity index (χ3n) is 7.21. The summed E-state index contributed by atoms with van der Waals surface area (Å²) >= 11 is 0. The average Bonchev–Trinajstić information content (AvgIpc) is 3.44. The Morgan fingerprint density at radius 3 is 2.57 bits per heavy atom. The van der Waals surface area contributed by atoms with Gasteiger partial charge < -0.3 is 19.9 Å². The molecule has 0 bridgehead atoms. The topological polar surface area (TPSA) is 70.6 Å². The van der Waals surface area contributed by atoms with Gasteiger partial charge in [-0.05, 0) is 44.0 Å². The summed E-state index contributed by atoms with van der Waals surface area (Å²) in [5.74, 6) is -1.13. The molecule has 2 fully saturated rings. The number of anilines is 2. The van der Waals surface area contributed by atoms with E-state index in [2.05, 4.69) is 15.2 Å². The molecule has 1 unspecified atom stereocenters. The van der Waals surface area contributed by atoms with Crippen molar-refractivity contribution in [3.8, 4) is 0 Å². The number of hydrogen-bond donors (Lipinski definition) is 1. The second-order valence-electron chi connectivity index (χ2n) is 9.61. The summed E-state index contributed by atoms with van der Waals surface area (Å²) < 4.78 is 32.8. The lowest BCUT2D eigenvalue weighted by Crippen LogP contribution is -2.37. The molecular formula is C27H33F2N5O2S. The summed E-state index contributed by atoms with van der Waals surface area (Å²) in [5, 5.41) is 3.23. The van der Waals surface area contributed by atoms with Crippen LogP contribution in [0.15, 0.2) is 36.5 Å². The SMILES string of the molecule is CC(Nc1ccc(F)c(F)c1)c1cc(C(=O)N(C)C2CCCC2)cc2ncc(N3CCOCC3)nc12.S. The lowest BCUT2D eigenvalue weighted by molar-refractivity contribution is 0.0735. The number of ether oxygens (including phenoxy) is 1. The van der Waals surface area contributed by atoms with Crippen molar-refractivity contribution in [2.24, 2.45) is 0 Å². The number of amides is 1. The zero-order chi connectivity index (χ0) is 25.2. The number of rotatable bonds is 6. The highest BCUT2D eigenvalue weighted by molar-refractivity contribution is 7.59. The Kier molecular flexibility index (Phi) is 8.49. The van der Waals surface area contributed by atoms with Gasteiger partial charge >= 0.3 is 0 Å². The zero-order valence-corrected chi connectivity index (χ0v) is 22.1. The van der Waals surface area contributed by atoms with Crippen molar-refractivity contribution >= 4 is 41.9 Å². The molecule has 0 spiro atoms. The summed E-state index contributed by atoms with van der Waals surface area (Å²) in [5.41, 5.74) is 3.03. The molecule has 2 aliphatic rings. The predicted molar refractivity (Wildman–Crippen MR) is 146 cm³/mol. The van der Waals surface area contributed by atoms with Crippen LogP contribution in [0.3, 0.4) is 0 Å². The van der Waals surface area contributed by atoms with Crippen LogP contribution < -0.4 is 10.2 Å². The minimum atomic E-state index is -0.923. The maximum Gasteiger partial charge on any atom is 0.253 e. The highest BCUT2D eigenvalue weighted by atomic mass is 32.1. The van der Waals surface area contributed by atoms with Crippen molar-refractivity contribution < 1.29 is 18.3 Å². The molecule has 2 heterocycles. The van der Waals surface area contributed by atoms with E-state index in [-0.39, 0.29) is 31.5 Å². The fourth-order valence-corrected chi connectivity index (χ4v) is 5.11. The quantitative estimate of drug-likeness (QED) is 0.482. The Hall–Kier alpha value is -2.98. The van der Waals surface area contributed by atoms with Crippen molar-refractivity contribution in [3.05, 3.63) is 59.3 Å². The number of morpholine rings is 1. The van der Waals surface area contributed by atoms with E-state index in [9.17, 15) is 13.6 Å². The van der Waals surface area contributed by atoms with E-state index in [0.29, 0.717) is 35.5 Å². The van der Waals surface area contributed by atoms with Crippen LogP contribution in [0.5, 0.6) is 0 Å². The van der Waals surface area contributed by atoms with E-state index < -0.39 is 11.6 Å². The second-order valence-corrected chi connectivity index (χ2v) is 9.61. The van der Waals surface area contributed by atoms with Crippen LogP contribution in [0.25, 0.3) is 11.0 Å². The van der Waals surface area contributed by atoms with Gasteiger partial charge in [-0.3, -0.25) is 9.78 Å². The molecule has 1 aliphatic heterocycles. The summed E-state index contributed by atoms with van der Waals surface area (Å²) in [6.07, 6.45) is 6.03. The van der Waals surface area contributed by atoms with E-state index in [4.69, 9.17) is 9.72 Å². The lowest BCUT2D eigenvalue weighted by atomic mass is 10.0. The summed E-state index contributed by atoms with van der Waals surface area (Å²) in [7, 11) is 1.86. The minimum absolute atomic E-state index is 0. The first-order valence-corrected chi connectivity index (χ1v) is 12.5. The molecule has 7 nitrogen and oxygen atoms in total.